The lowest BCUT2D eigenvalue weighted by Gasteiger charge is -2.32. The van der Waals surface area contributed by atoms with Crippen LogP contribution in [0.15, 0.2) is 83.8 Å². The van der Waals surface area contributed by atoms with Gasteiger partial charge in [-0.15, -0.1) is 0 Å². The van der Waals surface area contributed by atoms with Crippen molar-refractivity contribution in [3.05, 3.63) is 90.2 Å². The molecule has 0 aromatic heterocycles. The van der Waals surface area contributed by atoms with E-state index in [1.807, 2.05) is 6.92 Å². The zero-order valence-corrected chi connectivity index (χ0v) is 22.4. The minimum atomic E-state index is -4.17. The Kier molecular flexibility index (Phi) is 9.84. The molecule has 3 rings (SSSR count). The number of nitrogens with one attached hydrogen (secondary N) is 1. The number of methoxy groups -OCH3 is 1. The Balaban J connectivity index is 1.98. The standard InChI is InChI=1S/C28H32FN3O5S/c1-4-18-30-28(34)21(2)31(19-22-10-12-23(29)13-11-22)27(33)20-32(24-8-6-5-7-9-24)38(35,36)26-16-14-25(37-3)15-17-26/h5-17,21H,4,18-20H2,1-3H3,(H,30,34)/t21-/m0/s1. The highest BCUT2D eigenvalue weighted by Gasteiger charge is 2.32. The lowest BCUT2D eigenvalue weighted by atomic mass is 10.1. The molecule has 3 aromatic rings. The Labute approximate surface area is 223 Å². The van der Waals surface area contributed by atoms with Gasteiger partial charge in [0.25, 0.3) is 10.0 Å². The third kappa shape index (κ3) is 7.10. The summed E-state index contributed by atoms with van der Waals surface area (Å²) < 4.78 is 47.1. The number of rotatable bonds is 12. The maximum absolute atomic E-state index is 13.7. The summed E-state index contributed by atoms with van der Waals surface area (Å²) in [5.41, 5.74) is 0.889. The predicted molar refractivity (Wildman–Crippen MR) is 144 cm³/mol. The highest BCUT2D eigenvalue weighted by Crippen LogP contribution is 2.25. The van der Waals surface area contributed by atoms with E-state index in [0.717, 1.165) is 4.31 Å². The molecule has 0 saturated carbocycles. The van der Waals surface area contributed by atoms with Crippen LogP contribution in [-0.2, 0) is 26.2 Å². The van der Waals surface area contributed by atoms with E-state index in [0.29, 0.717) is 30.0 Å². The number of hydrogen-bond donors (Lipinski definition) is 1. The summed E-state index contributed by atoms with van der Waals surface area (Å²) in [7, 11) is -2.69. The molecule has 0 aliphatic rings. The maximum Gasteiger partial charge on any atom is 0.264 e. The Morgan fingerprint density at radius 3 is 2.18 bits per heavy atom. The van der Waals surface area contributed by atoms with Crippen LogP contribution in [0, 0.1) is 5.82 Å². The van der Waals surface area contributed by atoms with Crippen LogP contribution in [0.4, 0.5) is 10.1 Å². The quantitative estimate of drug-likeness (QED) is 0.374. The molecule has 0 unspecified atom stereocenters. The fourth-order valence-corrected chi connectivity index (χ4v) is 5.18. The first-order chi connectivity index (χ1) is 18.2. The molecule has 0 radical (unpaired) electrons. The van der Waals surface area contributed by atoms with Crippen LogP contribution in [0.5, 0.6) is 5.75 Å². The van der Waals surface area contributed by atoms with Crippen LogP contribution < -0.4 is 14.4 Å². The predicted octanol–water partition coefficient (Wildman–Crippen LogP) is 3.97. The molecule has 0 spiro atoms. The van der Waals surface area contributed by atoms with Gasteiger partial charge in [0.15, 0.2) is 0 Å². The monoisotopic (exact) mass is 541 g/mol. The number of amides is 2. The van der Waals surface area contributed by atoms with Crippen molar-refractivity contribution >= 4 is 27.5 Å². The molecule has 0 aliphatic carbocycles. The molecule has 1 N–H and O–H groups in total. The zero-order valence-electron chi connectivity index (χ0n) is 21.6. The van der Waals surface area contributed by atoms with E-state index in [2.05, 4.69) is 5.32 Å². The second-order valence-corrected chi connectivity index (χ2v) is 10.5. The average molecular weight is 542 g/mol. The minimum Gasteiger partial charge on any atom is -0.497 e. The van der Waals surface area contributed by atoms with E-state index in [4.69, 9.17) is 4.74 Å². The summed E-state index contributed by atoms with van der Waals surface area (Å²) in [5, 5.41) is 2.78. The second kappa shape index (κ2) is 13.0. The molecule has 38 heavy (non-hydrogen) atoms. The highest BCUT2D eigenvalue weighted by molar-refractivity contribution is 7.92. The van der Waals surface area contributed by atoms with Gasteiger partial charge in [-0.05, 0) is 67.4 Å². The van der Waals surface area contributed by atoms with Gasteiger partial charge in [0.1, 0.15) is 24.2 Å². The summed E-state index contributed by atoms with van der Waals surface area (Å²) in [5.74, 6) is -0.897. The van der Waals surface area contributed by atoms with Crippen LogP contribution in [0.25, 0.3) is 0 Å². The van der Waals surface area contributed by atoms with E-state index >= 15 is 0 Å². The molecule has 202 valence electrons. The first-order valence-corrected chi connectivity index (χ1v) is 13.6. The third-order valence-corrected chi connectivity index (χ3v) is 7.74. The zero-order chi connectivity index (χ0) is 27.7. The number of para-hydroxylation sites is 1. The summed E-state index contributed by atoms with van der Waals surface area (Å²) in [6.07, 6.45) is 0.715. The van der Waals surface area contributed by atoms with Crippen molar-refractivity contribution in [3.63, 3.8) is 0 Å². The molecule has 8 nitrogen and oxygen atoms in total. The van der Waals surface area contributed by atoms with Gasteiger partial charge in [-0.2, -0.15) is 0 Å². The van der Waals surface area contributed by atoms with E-state index in [1.165, 1.54) is 60.5 Å². The van der Waals surface area contributed by atoms with Crippen LogP contribution in [0.1, 0.15) is 25.8 Å². The van der Waals surface area contributed by atoms with Crippen LogP contribution in [0.3, 0.4) is 0 Å². The largest absolute Gasteiger partial charge is 0.497 e. The van der Waals surface area contributed by atoms with Crippen molar-refractivity contribution in [2.45, 2.75) is 37.8 Å². The summed E-state index contributed by atoms with van der Waals surface area (Å²) in [6.45, 7) is 3.37. The van der Waals surface area contributed by atoms with Gasteiger partial charge >= 0.3 is 0 Å². The molecular weight excluding hydrogens is 509 g/mol. The number of sulfonamides is 1. The van der Waals surface area contributed by atoms with E-state index < -0.39 is 34.3 Å². The van der Waals surface area contributed by atoms with Crippen LogP contribution in [0.2, 0.25) is 0 Å². The average Bonchev–Trinajstić information content (AvgIpc) is 2.94. The molecular formula is C28H32FN3O5S. The molecule has 0 fully saturated rings. The minimum absolute atomic E-state index is 0.00889. The number of halogens is 1. The molecule has 10 heteroatoms. The van der Waals surface area contributed by atoms with Gasteiger partial charge in [0.05, 0.1) is 17.7 Å². The molecule has 1 atom stereocenters. The Bertz CT molecular complexity index is 1320. The number of carbonyl (C=O) groups excluding carboxylic acids is 2. The molecule has 0 aliphatic heterocycles. The highest BCUT2D eigenvalue weighted by atomic mass is 32.2. The molecule has 0 bridgehead atoms. The third-order valence-electron chi connectivity index (χ3n) is 5.95. The molecule has 0 heterocycles. The van der Waals surface area contributed by atoms with Crippen molar-refractivity contribution in [1.29, 1.82) is 0 Å². The Morgan fingerprint density at radius 1 is 0.974 bits per heavy atom. The summed E-state index contributed by atoms with van der Waals surface area (Å²) >= 11 is 0. The lowest BCUT2D eigenvalue weighted by Crippen LogP contribution is -2.51. The van der Waals surface area contributed by atoms with Crippen molar-refractivity contribution < 1.29 is 27.1 Å². The molecule has 0 saturated heterocycles. The topological polar surface area (TPSA) is 96.0 Å². The summed E-state index contributed by atoms with van der Waals surface area (Å²) in [4.78, 5) is 27.8. The van der Waals surface area contributed by atoms with E-state index in [1.54, 1.807) is 37.3 Å². The Hall–Kier alpha value is -3.92. The van der Waals surface area contributed by atoms with Crippen LogP contribution >= 0.6 is 0 Å². The van der Waals surface area contributed by atoms with Gasteiger partial charge in [-0.1, -0.05) is 37.3 Å². The smallest absolute Gasteiger partial charge is 0.264 e. The SMILES string of the molecule is CCCNC(=O)[C@H](C)N(Cc1ccc(F)cc1)C(=O)CN(c1ccccc1)S(=O)(=O)c1ccc(OC)cc1. The molecule has 2 amide bonds. The van der Waals surface area contributed by atoms with Gasteiger partial charge in [-0.3, -0.25) is 13.9 Å². The number of anilines is 1. The van der Waals surface area contributed by atoms with Crippen molar-refractivity contribution in [1.82, 2.24) is 10.2 Å². The maximum atomic E-state index is 13.7. The van der Waals surface area contributed by atoms with E-state index in [-0.39, 0.29) is 17.3 Å². The van der Waals surface area contributed by atoms with Gasteiger partial charge in [-0.25, -0.2) is 12.8 Å². The number of ether oxygens (including phenoxy) is 1. The van der Waals surface area contributed by atoms with Gasteiger partial charge in [0.2, 0.25) is 11.8 Å². The van der Waals surface area contributed by atoms with Crippen molar-refractivity contribution in [3.8, 4) is 5.75 Å². The fraction of sp³-hybridized carbons (Fsp3) is 0.286. The van der Waals surface area contributed by atoms with E-state index in [9.17, 15) is 22.4 Å². The number of nitrogens with zero attached hydrogens (tertiary/aromatic N) is 2. The second-order valence-electron chi connectivity index (χ2n) is 8.64. The van der Waals surface area contributed by atoms with Gasteiger partial charge < -0.3 is 15.0 Å². The summed E-state index contributed by atoms with van der Waals surface area (Å²) in [6, 6.07) is 18.8. The van der Waals surface area contributed by atoms with Crippen LogP contribution in [-0.4, -0.2) is 51.4 Å². The number of hydrogen-bond acceptors (Lipinski definition) is 5. The fourth-order valence-electron chi connectivity index (χ4n) is 3.76. The first kappa shape index (κ1) is 28.6. The Morgan fingerprint density at radius 2 is 1.61 bits per heavy atom. The normalized spacial score (nSPS) is 11.9. The van der Waals surface area contributed by atoms with Crippen molar-refractivity contribution in [2.24, 2.45) is 0 Å². The van der Waals surface area contributed by atoms with Crippen molar-refractivity contribution in [2.75, 3.05) is 24.5 Å². The first-order valence-electron chi connectivity index (χ1n) is 12.2. The number of carbonyl (C=O) groups is 2. The lowest BCUT2D eigenvalue weighted by molar-refractivity contribution is -0.139. The van der Waals surface area contributed by atoms with Gasteiger partial charge in [0, 0.05) is 13.1 Å². The molecule has 3 aromatic carbocycles. The number of benzene rings is 3.